The summed E-state index contributed by atoms with van der Waals surface area (Å²) in [5.41, 5.74) is 15.0. The van der Waals surface area contributed by atoms with Crippen LogP contribution < -0.4 is 18.9 Å². The van der Waals surface area contributed by atoms with Gasteiger partial charge in [-0.05, 0) is 156 Å². The highest BCUT2D eigenvalue weighted by Crippen LogP contribution is 2.60. The van der Waals surface area contributed by atoms with Crippen molar-refractivity contribution >= 4 is 45.2 Å². The quantitative estimate of drug-likeness (QED) is 0.0782. The van der Waals surface area contributed by atoms with Gasteiger partial charge in [0.2, 0.25) is 0 Å². The highest BCUT2D eigenvalue weighted by Gasteiger charge is 2.46. The van der Waals surface area contributed by atoms with Crippen LogP contribution in [0.5, 0.6) is 23.0 Å². The van der Waals surface area contributed by atoms with Crippen molar-refractivity contribution in [1.29, 1.82) is 0 Å². The van der Waals surface area contributed by atoms with E-state index in [1.807, 2.05) is 121 Å². The fraction of sp³-hybridized carbons (Fsp3) is 0.130. The highest BCUT2D eigenvalue weighted by atomic mass is 16.5. The molecule has 10 heteroatoms. The normalized spacial score (nSPS) is 13.4. The van der Waals surface area contributed by atoms with Crippen molar-refractivity contribution < 1.29 is 38.1 Å². The predicted molar refractivity (Wildman–Crippen MR) is 309 cm³/mol. The van der Waals surface area contributed by atoms with E-state index < -0.39 is 0 Å². The van der Waals surface area contributed by atoms with Crippen molar-refractivity contribution in [2.45, 2.75) is 19.3 Å². The Morgan fingerprint density at radius 2 is 0.519 bits per heavy atom. The molecule has 10 aromatic rings. The molecule has 0 spiro atoms. The largest absolute Gasteiger partial charge is 0.497 e. The summed E-state index contributed by atoms with van der Waals surface area (Å²) >= 11 is 0. The molecule has 0 bridgehead atoms. The number of ether oxygens (including phenoxy) is 4. The Morgan fingerprint density at radius 1 is 0.278 bits per heavy atom. The maximum absolute atomic E-state index is 15.3. The number of carbonyl (C=O) groups excluding carboxylic acids is 4. The molecule has 0 N–H and O–H groups in total. The lowest BCUT2D eigenvalue weighted by molar-refractivity contribution is 0.0647. The first-order valence-corrected chi connectivity index (χ1v) is 26.6. The van der Waals surface area contributed by atoms with Gasteiger partial charge in [-0.15, -0.1) is 0 Å². The van der Waals surface area contributed by atoms with Crippen LogP contribution in [0.2, 0.25) is 0 Å². The number of rotatable bonds is 14. The second kappa shape index (κ2) is 18.5. The van der Waals surface area contributed by atoms with Gasteiger partial charge in [-0.25, -0.2) is 0 Å². The van der Waals surface area contributed by atoms with E-state index in [4.69, 9.17) is 18.9 Å². The highest BCUT2D eigenvalue weighted by molar-refractivity contribution is 6.35. The van der Waals surface area contributed by atoms with Crippen LogP contribution in [-0.2, 0) is 0 Å². The van der Waals surface area contributed by atoms with Crippen LogP contribution in [0.4, 0.5) is 0 Å². The Bertz CT molecular complexity index is 3740. The van der Waals surface area contributed by atoms with E-state index in [2.05, 4.69) is 48.5 Å². The molecule has 0 unspecified atom stereocenters. The van der Waals surface area contributed by atoms with E-state index in [-0.39, 0.29) is 36.7 Å². The number of unbranched alkanes of at least 4 members (excludes halogenated alkanes) is 2. The molecule has 14 rings (SSSR count). The minimum Gasteiger partial charge on any atom is -0.497 e. The molecule has 79 heavy (non-hydrogen) atoms. The fourth-order valence-electron chi connectivity index (χ4n) is 13.0. The molecule has 0 saturated carbocycles. The Morgan fingerprint density at radius 3 is 0.747 bits per heavy atom. The predicted octanol–water partition coefficient (Wildman–Crippen LogP) is 15.1. The van der Waals surface area contributed by atoms with Gasteiger partial charge in [0.15, 0.2) is 0 Å². The molecule has 4 amide bonds. The van der Waals surface area contributed by atoms with Crippen molar-refractivity contribution in [2.24, 2.45) is 0 Å². The van der Waals surface area contributed by atoms with Gasteiger partial charge in [-0.2, -0.15) is 0 Å². The molecule has 10 aromatic carbocycles. The number of methoxy groups -OCH3 is 4. The summed E-state index contributed by atoms with van der Waals surface area (Å²) in [7, 11) is 6.48. The van der Waals surface area contributed by atoms with Crippen molar-refractivity contribution in [1.82, 2.24) is 9.80 Å². The molecule has 2 aliphatic carbocycles. The smallest absolute Gasteiger partial charge is 0.262 e. The average molecular weight is 1040 g/mol. The summed E-state index contributed by atoms with van der Waals surface area (Å²) in [4.78, 5) is 64.2. The third-order valence-electron chi connectivity index (χ3n) is 16.5. The molecule has 4 aliphatic rings. The van der Waals surface area contributed by atoms with Gasteiger partial charge in [-0.3, -0.25) is 29.0 Å². The van der Waals surface area contributed by atoms with E-state index in [1.54, 1.807) is 28.4 Å². The number of hydrogen-bond acceptors (Lipinski definition) is 8. The number of carbonyl (C=O) groups is 4. The number of hydrogen-bond donors (Lipinski definition) is 0. The zero-order chi connectivity index (χ0) is 53.8. The maximum Gasteiger partial charge on any atom is 0.262 e. The summed E-state index contributed by atoms with van der Waals surface area (Å²) in [5.74, 6) is 1.22. The van der Waals surface area contributed by atoms with Crippen LogP contribution in [0.3, 0.4) is 0 Å². The minimum absolute atomic E-state index is 0.135. The van der Waals surface area contributed by atoms with Crippen LogP contribution in [0.15, 0.2) is 170 Å². The van der Waals surface area contributed by atoms with E-state index in [1.165, 1.54) is 9.80 Å². The van der Waals surface area contributed by atoms with Gasteiger partial charge in [0, 0.05) is 35.3 Å². The molecule has 0 aromatic heterocycles. The second-order valence-corrected chi connectivity index (χ2v) is 20.4. The molecule has 0 fully saturated rings. The first-order chi connectivity index (χ1) is 38.7. The van der Waals surface area contributed by atoms with Crippen LogP contribution in [0.1, 0.15) is 60.7 Å². The minimum atomic E-state index is -0.366. The number of imide groups is 2. The van der Waals surface area contributed by atoms with Gasteiger partial charge >= 0.3 is 0 Å². The van der Waals surface area contributed by atoms with Crippen molar-refractivity contribution in [3.05, 3.63) is 192 Å². The third kappa shape index (κ3) is 7.03. The van der Waals surface area contributed by atoms with E-state index >= 15 is 19.2 Å². The molecule has 0 atom stereocenters. The van der Waals surface area contributed by atoms with Gasteiger partial charge in [-0.1, -0.05) is 121 Å². The van der Waals surface area contributed by atoms with E-state index in [0.717, 1.165) is 88.3 Å². The summed E-state index contributed by atoms with van der Waals surface area (Å²) in [6, 6.07) is 55.7. The van der Waals surface area contributed by atoms with E-state index in [9.17, 15) is 0 Å². The lowest BCUT2D eigenvalue weighted by Gasteiger charge is -2.20. The number of amides is 4. The van der Waals surface area contributed by atoms with E-state index in [0.29, 0.717) is 86.8 Å². The molecule has 0 saturated heterocycles. The Hall–Kier alpha value is -9.80. The average Bonchev–Trinajstić information content (AvgIpc) is 2.46. The zero-order valence-electron chi connectivity index (χ0n) is 43.9. The van der Waals surface area contributed by atoms with Gasteiger partial charge in [0.25, 0.3) is 23.6 Å². The Balaban J connectivity index is 0.820. The van der Waals surface area contributed by atoms with Gasteiger partial charge < -0.3 is 18.9 Å². The molecule has 0 radical (unpaired) electrons. The molecule has 2 aliphatic heterocycles. The van der Waals surface area contributed by atoms with Crippen LogP contribution in [0.25, 0.3) is 111 Å². The standard InChI is InChI=1S/C69H50N2O8/c1-76-44-28-20-40(21-29-44)54-58-48-16-8-12-38-13-9-17-49(52(38)48)59(58)55(41-22-30-45(77-2)31-23-41)63-62(54)66(72)70(67(63)73)36-6-5-7-37-71-68(74)64-56(42-24-32-46(78-3)33-25-42)60-50-18-10-14-39-15-11-19-51(53(39)50)61(60)57(65(64)69(71)75)43-26-34-47(79-4)35-27-43/h8-35H,5-7,36-37H2,1-4H3. The summed E-state index contributed by atoms with van der Waals surface area (Å²) in [6.07, 6.45) is 1.40. The van der Waals surface area contributed by atoms with Crippen molar-refractivity contribution in [2.75, 3.05) is 41.5 Å². The second-order valence-electron chi connectivity index (χ2n) is 20.4. The lowest BCUT2D eigenvalue weighted by Crippen LogP contribution is -2.32. The first kappa shape index (κ1) is 47.6. The summed E-state index contributed by atoms with van der Waals surface area (Å²) in [6.45, 7) is 0.270. The molecule has 10 nitrogen and oxygen atoms in total. The lowest BCUT2D eigenvalue weighted by atomic mass is 9.81. The maximum atomic E-state index is 15.3. The third-order valence-corrected chi connectivity index (χ3v) is 16.5. The zero-order valence-corrected chi connectivity index (χ0v) is 43.9. The first-order valence-electron chi connectivity index (χ1n) is 26.6. The van der Waals surface area contributed by atoms with Crippen molar-refractivity contribution in [3.63, 3.8) is 0 Å². The number of fused-ring (bicyclic) bond motifs is 8. The summed E-state index contributed by atoms with van der Waals surface area (Å²) in [5, 5.41) is 4.28. The summed E-state index contributed by atoms with van der Waals surface area (Å²) < 4.78 is 22.3. The Kier molecular flexibility index (Phi) is 11.1. The molecular formula is C69H50N2O8. The van der Waals surface area contributed by atoms with Gasteiger partial charge in [0.1, 0.15) is 23.0 Å². The van der Waals surface area contributed by atoms with Crippen molar-refractivity contribution in [3.8, 4) is 112 Å². The molecule has 2 heterocycles. The molecule has 384 valence electrons. The fourth-order valence-corrected chi connectivity index (χ4v) is 13.0. The molecular weight excluding hydrogens is 985 g/mol. The SMILES string of the molecule is COc1ccc(-c2c3c(c(-c4ccc(OC)cc4)c4c2-c2cccc5cccc-4c25)C(=O)N(CCCCCN2C(=O)c4c(c(-c5ccc(OC)cc5)c5c(c4-c4ccc(OC)cc4)-c4cccc6cccc-5c46)C2=O)C3=O)cc1. The van der Waals surface area contributed by atoms with Crippen LogP contribution in [0, 0.1) is 0 Å². The van der Waals surface area contributed by atoms with Crippen LogP contribution in [-0.4, -0.2) is 75.0 Å². The van der Waals surface area contributed by atoms with Gasteiger partial charge in [0.05, 0.1) is 50.7 Å². The number of benzene rings is 10. The number of nitrogens with zero attached hydrogens (tertiary/aromatic N) is 2. The monoisotopic (exact) mass is 1030 g/mol. The van der Waals surface area contributed by atoms with Crippen LogP contribution >= 0.6 is 0 Å². The topological polar surface area (TPSA) is 112 Å². The Labute approximate surface area is 456 Å².